The highest BCUT2D eigenvalue weighted by atomic mass is 16.2. The van der Waals surface area contributed by atoms with Crippen molar-refractivity contribution in [2.75, 3.05) is 10.6 Å². The molecule has 2 aromatic carbocycles. The van der Waals surface area contributed by atoms with E-state index in [1.54, 1.807) is 12.3 Å². The first-order valence-electron chi connectivity index (χ1n) is 7.99. The van der Waals surface area contributed by atoms with Gasteiger partial charge in [-0.1, -0.05) is 42.5 Å². The smallest absolute Gasteiger partial charge is 0.292 e. The van der Waals surface area contributed by atoms with E-state index in [1.165, 1.54) is 0 Å². The summed E-state index contributed by atoms with van der Waals surface area (Å²) in [6.45, 7) is 1.95. The maximum atomic E-state index is 12.7. The summed E-state index contributed by atoms with van der Waals surface area (Å²) < 4.78 is 0. The number of aromatic nitrogens is 1. The van der Waals surface area contributed by atoms with Gasteiger partial charge in [-0.3, -0.25) is 4.79 Å². The number of carbonyl (C=O) groups excluding carboxylic acids is 1. The Labute approximate surface area is 145 Å². The molecule has 2 heterocycles. The molecule has 5 heteroatoms. The number of carbonyl (C=O) groups is 1. The van der Waals surface area contributed by atoms with Gasteiger partial charge in [0.2, 0.25) is 0 Å². The molecular weight excluding hydrogens is 312 g/mol. The van der Waals surface area contributed by atoms with Crippen LogP contribution in [0.3, 0.4) is 0 Å². The predicted octanol–water partition coefficient (Wildman–Crippen LogP) is 4.15. The molecule has 1 amide bonds. The quantitative estimate of drug-likeness (QED) is 0.742. The standard InChI is InChI=1S/C20H16N4O/c1-13-10-11-18(21-12-13)24-20(25)19-22-16-8-4-2-6-14(16)15-7-3-5-9-17(15)23-19/h2-12H,1H3,(H,22,23)(H,21,24,25). The van der Waals surface area contributed by atoms with Crippen LogP contribution in [-0.2, 0) is 4.79 Å². The van der Waals surface area contributed by atoms with Crippen molar-refractivity contribution in [3.05, 3.63) is 72.4 Å². The Kier molecular flexibility index (Phi) is 3.74. The van der Waals surface area contributed by atoms with Crippen molar-refractivity contribution in [1.29, 1.82) is 0 Å². The van der Waals surface area contributed by atoms with Crippen molar-refractivity contribution in [3.63, 3.8) is 0 Å². The van der Waals surface area contributed by atoms with Crippen LogP contribution in [0.25, 0.3) is 11.1 Å². The molecule has 1 aliphatic rings. The number of hydrogen-bond donors (Lipinski definition) is 2. The van der Waals surface area contributed by atoms with Crippen LogP contribution >= 0.6 is 0 Å². The molecule has 0 unspecified atom stereocenters. The Bertz CT molecular complexity index is 977. The number of hydrogen-bond acceptors (Lipinski definition) is 4. The molecule has 0 aliphatic carbocycles. The summed E-state index contributed by atoms with van der Waals surface area (Å²) in [5.41, 5.74) is 4.63. The van der Waals surface area contributed by atoms with Crippen molar-refractivity contribution in [1.82, 2.24) is 4.98 Å². The fourth-order valence-electron chi connectivity index (χ4n) is 2.73. The SMILES string of the molecule is Cc1ccc(NC(=O)C2=Nc3ccccc3-c3ccccc3N2)nc1. The second-order valence-corrected chi connectivity index (χ2v) is 5.82. The van der Waals surface area contributed by atoms with Gasteiger partial charge in [0.1, 0.15) is 5.82 Å². The van der Waals surface area contributed by atoms with E-state index in [0.717, 1.165) is 28.1 Å². The Hall–Kier alpha value is -3.47. The normalized spacial score (nSPS) is 12.1. The molecule has 0 radical (unpaired) electrons. The van der Waals surface area contributed by atoms with Gasteiger partial charge in [-0.05, 0) is 30.7 Å². The number of aryl methyl sites for hydroxylation is 1. The zero-order valence-electron chi connectivity index (χ0n) is 13.7. The number of amidine groups is 1. The Balaban J connectivity index is 1.72. The molecule has 4 rings (SSSR count). The van der Waals surface area contributed by atoms with Crippen LogP contribution in [0.2, 0.25) is 0 Å². The second-order valence-electron chi connectivity index (χ2n) is 5.82. The summed E-state index contributed by atoms with van der Waals surface area (Å²) in [7, 11) is 0. The van der Waals surface area contributed by atoms with Crippen LogP contribution in [0, 0.1) is 6.92 Å². The maximum absolute atomic E-state index is 12.7. The number of fused-ring (bicyclic) bond motifs is 3. The summed E-state index contributed by atoms with van der Waals surface area (Å²) in [6, 6.07) is 19.3. The molecule has 122 valence electrons. The topological polar surface area (TPSA) is 66.4 Å². The first kappa shape index (κ1) is 15.1. The Morgan fingerprint density at radius 1 is 0.960 bits per heavy atom. The highest BCUT2D eigenvalue weighted by Crippen LogP contribution is 2.37. The Morgan fingerprint density at radius 2 is 1.72 bits per heavy atom. The second kappa shape index (κ2) is 6.20. The van der Waals surface area contributed by atoms with Gasteiger partial charge in [0, 0.05) is 23.0 Å². The lowest BCUT2D eigenvalue weighted by Crippen LogP contribution is -2.29. The van der Waals surface area contributed by atoms with Gasteiger partial charge in [0.15, 0.2) is 5.84 Å². The lowest BCUT2D eigenvalue weighted by molar-refractivity contribution is -0.110. The molecule has 5 nitrogen and oxygen atoms in total. The third kappa shape index (κ3) is 2.99. The number of rotatable bonds is 2. The third-order valence-corrected chi connectivity index (χ3v) is 3.97. The number of amides is 1. The van der Waals surface area contributed by atoms with Gasteiger partial charge in [-0.15, -0.1) is 0 Å². The van der Waals surface area contributed by atoms with Crippen molar-refractivity contribution in [2.24, 2.45) is 4.99 Å². The van der Waals surface area contributed by atoms with Crippen molar-refractivity contribution in [3.8, 4) is 11.1 Å². The van der Waals surface area contributed by atoms with Gasteiger partial charge >= 0.3 is 0 Å². The number of nitrogens with one attached hydrogen (secondary N) is 2. The van der Waals surface area contributed by atoms with Crippen LogP contribution in [0.15, 0.2) is 71.9 Å². The molecule has 3 aromatic rings. The zero-order chi connectivity index (χ0) is 17.2. The summed E-state index contributed by atoms with van der Waals surface area (Å²) in [4.78, 5) is 21.4. The minimum absolute atomic E-state index is 0.236. The molecule has 0 saturated carbocycles. The van der Waals surface area contributed by atoms with Gasteiger partial charge in [0.25, 0.3) is 5.91 Å². The summed E-state index contributed by atoms with van der Waals surface area (Å²) in [5, 5.41) is 5.93. The van der Waals surface area contributed by atoms with E-state index in [-0.39, 0.29) is 11.7 Å². The summed E-state index contributed by atoms with van der Waals surface area (Å²) in [5.74, 6) is 0.397. The average molecular weight is 328 g/mol. The van der Waals surface area contributed by atoms with Gasteiger partial charge in [-0.25, -0.2) is 9.98 Å². The largest absolute Gasteiger partial charge is 0.335 e. The van der Waals surface area contributed by atoms with Crippen LogP contribution in [-0.4, -0.2) is 16.7 Å². The minimum Gasteiger partial charge on any atom is -0.335 e. The van der Waals surface area contributed by atoms with Gasteiger partial charge in [0.05, 0.1) is 5.69 Å². The molecule has 0 spiro atoms. The van der Waals surface area contributed by atoms with Crippen molar-refractivity contribution < 1.29 is 4.79 Å². The minimum atomic E-state index is -0.331. The van der Waals surface area contributed by atoms with E-state index in [0.29, 0.717) is 5.82 Å². The van der Waals surface area contributed by atoms with E-state index in [9.17, 15) is 4.79 Å². The summed E-state index contributed by atoms with van der Waals surface area (Å²) in [6.07, 6.45) is 1.71. The number of pyridine rings is 1. The molecule has 1 aromatic heterocycles. The lowest BCUT2D eigenvalue weighted by atomic mass is 10.0. The third-order valence-electron chi connectivity index (χ3n) is 3.97. The van der Waals surface area contributed by atoms with Crippen LogP contribution < -0.4 is 10.6 Å². The molecular formula is C20H16N4O. The first-order chi connectivity index (χ1) is 12.2. The molecule has 0 saturated heterocycles. The Morgan fingerprint density at radius 3 is 2.52 bits per heavy atom. The first-order valence-corrected chi connectivity index (χ1v) is 7.99. The average Bonchev–Trinajstić information content (AvgIpc) is 2.80. The lowest BCUT2D eigenvalue weighted by Gasteiger charge is -2.10. The van der Waals surface area contributed by atoms with Crippen LogP contribution in [0.1, 0.15) is 5.56 Å². The molecule has 0 bridgehead atoms. The maximum Gasteiger partial charge on any atom is 0.292 e. The van der Waals surface area contributed by atoms with E-state index in [1.807, 2.05) is 61.5 Å². The van der Waals surface area contributed by atoms with E-state index < -0.39 is 0 Å². The van der Waals surface area contributed by atoms with Gasteiger partial charge in [-0.2, -0.15) is 0 Å². The van der Waals surface area contributed by atoms with Crippen molar-refractivity contribution >= 4 is 28.9 Å². The zero-order valence-corrected chi connectivity index (χ0v) is 13.7. The van der Waals surface area contributed by atoms with Crippen LogP contribution in [0.4, 0.5) is 17.2 Å². The number of benzene rings is 2. The number of anilines is 2. The monoisotopic (exact) mass is 328 g/mol. The van der Waals surface area contributed by atoms with E-state index >= 15 is 0 Å². The molecule has 2 N–H and O–H groups in total. The summed E-state index contributed by atoms with van der Waals surface area (Å²) >= 11 is 0. The fourth-order valence-corrected chi connectivity index (χ4v) is 2.73. The molecule has 0 fully saturated rings. The van der Waals surface area contributed by atoms with Crippen molar-refractivity contribution in [2.45, 2.75) is 6.92 Å². The van der Waals surface area contributed by atoms with Gasteiger partial charge < -0.3 is 10.6 Å². The van der Waals surface area contributed by atoms with Crippen LogP contribution in [0.5, 0.6) is 0 Å². The van der Waals surface area contributed by atoms with E-state index in [4.69, 9.17) is 0 Å². The number of para-hydroxylation sites is 2. The predicted molar refractivity (Wildman–Crippen MR) is 100 cm³/mol. The molecule has 0 atom stereocenters. The highest BCUT2D eigenvalue weighted by molar-refractivity contribution is 6.47. The highest BCUT2D eigenvalue weighted by Gasteiger charge is 2.20. The molecule has 1 aliphatic heterocycles. The molecule has 25 heavy (non-hydrogen) atoms. The van der Waals surface area contributed by atoms with E-state index in [2.05, 4.69) is 20.6 Å². The number of aliphatic imine (C=N–C) groups is 1. The fraction of sp³-hybridized carbons (Fsp3) is 0.0500. The number of nitrogens with zero attached hydrogens (tertiary/aromatic N) is 2.